The predicted molar refractivity (Wildman–Crippen MR) is 106 cm³/mol. The molecule has 1 aromatic rings. The molecular weight excluding hydrogens is 428 g/mol. The summed E-state index contributed by atoms with van der Waals surface area (Å²) in [6.07, 6.45) is 0.345. The van der Waals surface area contributed by atoms with Crippen molar-refractivity contribution in [3.8, 4) is 0 Å². The molecule has 2 amide bonds. The molecule has 28 heavy (non-hydrogen) atoms. The molecule has 2 aliphatic heterocycles. The third-order valence-corrected chi connectivity index (χ3v) is 9.15. The summed E-state index contributed by atoms with van der Waals surface area (Å²) in [7, 11) is -5.58. The Morgan fingerprint density at radius 3 is 2.39 bits per heavy atom. The minimum absolute atomic E-state index is 0.0246. The normalized spacial score (nSPS) is 25.1. The molecule has 3 rings (SSSR count). The number of benzene rings is 1. The van der Waals surface area contributed by atoms with Gasteiger partial charge in [-0.25, -0.2) is 21.1 Å². The second kappa shape index (κ2) is 6.70. The van der Waals surface area contributed by atoms with Gasteiger partial charge in [0.25, 0.3) is 5.91 Å². The molecule has 1 atom stereocenters. The average molecular weight is 449 g/mol. The molecule has 2 heterocycles. The van der Waals surface area contributed by atoms with Crippen LogP contribution in [0.25, 0.3) is 0 Å². The summed E-state index contributed by atoms with van der Waals surface area (Å²) in [5.41, 5.74) is -1.05. The lowest BCUT2D eigenvalue weighted by molar-refractivity contribution is -0.123. The van der Waals surface area contributed by atoms with E-state index in [1.807, 2.05) is 0 Å². The standard InChI is InChI=1S/C17H21ClN2O6S2/c1-17(2)10-28(25,26)20(16(17)22)14-8-11(4-5-13(14)18)15(21)19(3)12-6-7-27(23,24)9-12/h4-5,8,12H,6-7,9-10H2,1-3H3. The second-order valence-electron chi connectivity index (χ2n) is 7.85. The van der Waals surface area contributed by atoms with Crippen molar-refractivity contribution in [1.82, 2.24) is 4.90 Å². The van der Waals surface area contributed by atoms with E-state index < -0.39 is 43.1 Å². The molecule has 154 valence electrons. The largest absolute Gasteiger partial charge is 0.338 e. The highest BCUT2D eigenvalue weighted by molar-refractivity contribution is 7.94. The molecule has 2 saturated heterocycles. The Kier molecular flexibility index (Phi) is 5.04. The maximum atomic E-state index is 12.8. The number of amides is 2. The Balaban J connectivity index is 1.96. The van der Waals surface area contributed by atoms with Crippen molar-refractivity contribution in [2.45, 2.75) is 26.3 Å². The molecule has 2 fully saturated rings. The lowest BCUT2D eigenvalue weighted by Gasteiger charge is -2.24. The smallest absolute Gasteiger partial charge is 0.253 e. The van der Waals surface area contributed by atoms with E-state index >= 15 is 0 Å². The van der Waals surface area contributed by atoms with Gasteiger partial charge in [-0.2, -0.15) is 0 Å². The van der Waals surface area contributed by atoms with Crippen molar-refractivity contribution in [2.75, 3.05) is 28.6 Å². The van der Waals surface area contributed by atoms with E-state index in [-0.39, 0.29) is 33.5 Å². The molecule has 2 aliphatic rings. The summed E-state index contributed by atoms with van der Waals surface area (Å²) >= 11 is 6.15. The fourth-order valence-electron chi connectivity index (χ4n) is 3.49. The number of sulfone groups is 1. The monoisotopic (exact) mass is 448 g/mol. The van der Waals surface area contributed by atoms with Crippen LogP contribution in [-0.2, 0) is 24.7 Å². The third kappa shape index (κ3) is 3.65. The van der Waals surface area contributed by atoms with Crippen molar-refractivity contribution < 1.29 is 26.4 Å². The highest BCUT2D eigenvalue weighted by atomic mass is 35.5. The van der Waals surface area contributed by atoms with E-state index in [1.54, 1.807) is 0 Å². The van der Waals surface area contributed by atoms with Gasteiger partial charge in [0, 0.05) is 18.7 Å². The van der Waals surface area contributed by atoms with Crippen LogP contribution in [0.2, 0.25) is 5.02 Å². The van der Waals surface area contributed by atoms with Crippen LogP contribution in [0.3, 0.4) is 0 Å². The van der Waals surface area contributed by atoms with Crippen LogP contribution in [-0.4, -0.2) is 63.9 Å². The van der Waals surface area contributed by atoms with Crippen molar-refractivity contribution in [1.29, 1.82) is 0 Å². The summed E-state index contributed by atoms with van der Waals surface area (Å²) in [5, 5.41) is 0.0253. The van der Waals surface area contributed by atoms with Crippen molar-refractivity contribution in [3.05, 3.63) is 28.8 Å². The molecule has 0 aliphatic carbocycles. The highest BCUT2D eigenvalue weighted by Gasteiger charge is 2.50. The zero-order chi connectivity index (χ0) is 21.1. The summed E-state index contributed by atoms with van der Waals surface area (Å²) in [6.45, 7) is 3.06. The molecule has 1 unspecified atom stereocenters. The van der Waals surface area contributed by atoms with E-state index in [2.05, 4.69) is 0 Å². The van der Waals surface area contributed by atoms with Crippen molar-refractivity contribution >= 4 is 49.0 Å². The summed E-state index contributed by atoms with van der Waals surface area (Å²) in [4.78, 5) is 26.8. The van der Waals surface area contributed by atoms with E-state index in [0.717, 1.165) is 0 Å². The Morgan fingerprint density at radius 1 is 1.25 bits per heavy atom. The van der Waals surface area contributed by atoms with Gasteiger partial charge in [-0.1, -0.05) is 11.6 Å². The van der Waals surface area contributed by atoms with Gasteiger partial charge < -0.3 is 4.90 Å². The Hall–Kier alpha value is -1.65. The van der Waals surface area contributed by atoms with Gasteiger partial charge in [-0.05, 0) is 38.5 Å². The van der Waals surface area contributed by atoms with Gasteiger partial charge in [-0.3, -0.25) is 9.59 Å². The number of hydrogen-bond acceptors (Lipinski definition) is 6. The van der Waals surface area contributed by atoms with Crippen LogP contribution < -0.4 is 4.31 Å². The first-order chi connectivity index (χ1) is 12.8. The van der Waals surface area contributed by atoms with E-state index in [4.69, 9.17) is 11.6 Å². The summed E-state index contributed by atoms with van der Waals surface area (Å²) in [5.74, 6) is -1.52. The number of halogens is 1. The first-order valence-corrected chi connectivity index (χ1v) is 12.4. The number of nitrogens with zero attached hydrogens (tertiary/aromatic N) is 2. The average Bonchev–Trinajstić information content (AvgIpc) is 3.00. The molecule has 0 bridgehead atoms. The van der Waals surface area contributed by atoms with Crippen LogP contribution in [0.4, 0.5) is 5.69 Å². The zero-order valence-electron chi connectivity index (χ0n) is 15.7. The SMILES string of the molecule is CN(C(=O)c1ccc(Cl)c(N2C(=O)C(C)(C)CS2(=O)=O)c1)C1CCS(=O)(=O)C1. The van der Waals surface area contributed by atoms with Gasteiger partial charge in [0.2, 0.25) is 15.9 Å². The highest BCUT2D eigenvalue weighted by Crippen LogP contribution is 2.39. The zero-order valence-corrected chi connectivity index (χ0v) is 18.1. The van der Waals surface area contributed by atoms with Crippen LogP contribution in [0.1, 0.15) is 30.6 Å². The quantitative estimate of drug-likeness (QED) is 0.689. The first kappa shape index (κ1) is 21.1. The van der Waals surface area contributed by atoms with Crippen molar-refractivity contribution in [2.24, 2.45) is 5.41 Å². The predicted octanol–water partition coefficient (Wildman–Crippen LogP) is 1.30. The van der Waals surface area contributed by atoms with Gasteiger partial charge in [0.1, 0.15) is 0 Å². The number of rotatable bonds is 3. The number of sulfonamides is 1. The molecule has 8 nitrogen and oxygen atoms in total. The lowest BCUT2D eigenvalue weighted by Crippen LogP contribution is -2.38. The van der Waals surface area contributed by atoms with Gasteiger partial charge in [-0.15, -0.1) is 0 Å². The molecule has 11 heteroatoms. The molecular formula is C17H21ClN2O6S2. The summed E-state index contributed by atoms with van der Waals surface area (Å²) < 4.78 is 49.1. The maximum absolute atomic E-state index is 12.8. The molecule has 1 aromatic carbocycles. The van der Waals surface area contributed by atoms with Gasteiger partial charge in [0.05, 0.1) is 33.4 Å². The minimum atomic E-state index is -3.92. The first-order valence-electron chi connectivity index (χ1n) is 8.60. The Morgan fingerprint density at radius 2 is 1.89 bits per heavy atom. The van der Waals surface area contributed by atoms with Crippen LogP contribution >= 0.6 is 11.6 Å². The van der Waals surface area contributed by atoms with Crippen molar-refractivity contribution in [3.63, 3.8) is 0 Å². The van der Waals surface area contributed by atoms with Gasteiger partial charge >= 0.3 is 0 Å². The molecule has 0 radical (unpaired) electrons. The minimum Gasteiger partial charge on any atom is -0.338 e. The number of anilines is 1. The summed E-state index contributed by atoms with van der Waals surface area (Å²) in [6, 6.07) is 3.60. The Bertz CT molecular complexity index is 1070. The number of hydrogen-bond donors (Lipinski definition) is 0. The molecule has 0 saturated carbocycles. The number of carbonyl (C=O) groups is 2. The maximum Gasteiger partial charge on any atom is 0.253 e. The third-order valence-electron chi connectivity index (χ3n) is 5.07. The van der Waals surface area contributed by atoms with Gasteiger partial charge in [0.15, 0.2) is 9.84 Å². The van der Waals surface area contributed by atoms with E-state index in [0.29, 0.717) is 10.7 Å². The fourth-order valence-corrected chi connectivity index (χ4v) is 7.64. The van der Waals surface area contributed by atoms with Crippen LogP contribution in [0.15, 0.2) is 18.2 Å². The topological polar surface area (TPSA) is 109 Å². The molecule has 0 aromatic heterocycles. The fraction of sp³-hybridized carbons (Fsp3) is 0.529. The second-order valence-corrected chi connectivity index (χ2v) is 12.3. The van der Waals surface area contributed by atoms with Crippen LogP contribution in [0, 0.1) is 5.41 Å². The van der Waals surface area contributed by atoms with E-state index in [1.165, 1.54) is 44.0 Å². The molecule has 0 N–H and O–H groups in total. The molecule has 0 spiro atoms. The van der Waals surface area contributed by atoms with E-state index in [9.17, 15) is 26.4 Å². The Labute approximate surface area is 169 Å². The number of carbonyl (C=O) groups excluding carboxylic acids is 2. The van der Waals surface area contributed by atoms with Crippen LogP contribution in [0.5, 0.6) is 0 Å². The lowest BCUT2D eigenvalue weighted by atomic mass is 9.95.